The van der Waals surface area contributed by atoms with Gasteiger partial charge in [0.05, 0.1) is 16.7 Å². The molecule has 0 aliphatic carbocycles. The van der Waals surface area contributed by atoms with Crippen LogP contribution < -0.4 is 41.9 Å². The van der Waals surface area contributed by atoms with Crippen LogP contribution in [0.4, 0.5) is 39.8 Å². The maximum atomic E-state index is 14.7. The van der Waals surface area contributed by atoms with Crippen LogP contribution in [-0.4, -0.2) is 147 Å². The Morgan fingerprint density at radius 2 is 1.44 bits per heavy atom. The van der Waals surface area contributed by atoms with Crippen LogP contribution in [0.5, 0.6) is 0 Å². The number of halogens is 4. The highest BCUT2D eigenvalue weighted by molar-refractivity contribution is 7.99. The molecule has 2 fully saturated rings. The highest BCUT2D eigenvalue weighted by Gasteiger charge is 2.49. The number of nitrogens with zero attached hydrogens (tertiary/aromatic N) is 3. The minimum Gasteiger partial charge on any atom is -0.445 e. The van der Waals surface area contributed by atoms with Gasteiger partial charge >= 0.3 is 17.6 Å². The summed E-state index contributed by atoms with van der Waals surface area (Å²) < 4.78 is 107. The third kappa shape index (κ3) is 21.8. The number of likely N-dealkylation sites (tertiary alicyclic amines) is 1. The number of thioether (sulfide) groups is 1. The van der Waals surface area contributed by atoms with Gasteiger partial charge in [0, 0.05) is 96.0 Å². The Balaban J connectivity index is 0.809. The number of benzene rings is 6. The molecule has 9 amide bonds. The van der Waals surface area contributed by atoms with Gasteiger partial charge in [-0.15, -0.1) is 11.8 Å². The number of imide groups is 1. The van der Waals surface area contributed by atoms with E-state index in [9.17, 15) is 73.5 Å². The van der Waals surface area contributed by atoms with Crippen LogP contribution in [0.25, 0.3) is 11.1 Å². The van der Waals surface area contributed by atoms with Gasteiger partial charge in [0.2, 0.25) is 17.7 Å². The van der Waals surface area contributed by atoms with Gasteiger partial charge in [0.15, 0.2) is 0 Å². The van der Waals surface area contributed by atoms with E-state index in [1.54, 1.807) is 92.7 Å². The molecule has 5 atom stereocenters. The van der Waals surface area contributed by atoms with Crippen LogP contribution in [0.15, 0.2) is 172 Å². The molecule has 24 nitrogen and oxygen atoms in total. The van der Waals surface area contributed by atoms with Crippen molar-refractivity contribution in [1.29, 1.82) is 0 Å². The molecule has 105 heavy (non-hydrogen) atoms. The number of aliphatic hydroxyl groups is 1. The molecule has 0 saturated carbocycles. The molecule has 0 aromatic heterocycles. The number of carbonyl (C=O) groups is 8. The fourth-order valence-corrected chi connectivity index (χ4v) is 15.8. The molecule has 9 rings (SSSR count). The summed E-state index contributed by atoms with van der Waals surface area (Å²) in [5, 5.41) is 25.8. The van der Waals surface area contributed by atoms with Gasteiger partial charge in [0.1, 0.15) is 23.6 Å². The van der Waals surface area contributed by atoms with Crippen LogP contribution in [0.2, 0.25) is 5.02 Å². The number of alkyl halides is 3. The monoisotopic (exact) mass is 1520 g/mol. The number of hydrogen-bond acceptors (Lipinski definition) is 17. The second-order valence-corrected chi connectivity index (χ2v) is 31.3. The van der Waals surface area contributed by atoms with Crippen molar-refractivity contribution in [2.75, 3.05) is 54.0 Å². The number of anilines is 3. The molecule has 9 N–H and O–H groups in total. The Bertz CT molecular complexity index is 4330. The molecule has 2 saturated heterocycles. The van der Waals surface area contributed by atoms with Crippen molar-refractivity contribution in [3.63, 3.8) is 0 Å². The van der Waals surface area contributed by atoms with Gasteiger partial charge < -0.3 is 52.0 Å². The van der Waals surface area contributed by atoms with Gasteiger partial charge in [0.25, 0.3) is 37.6 Å². The normalized spacial score (nSPS) is 16.1. The number of primary amides is 1. The average molecular weight is 1530 g/mol. The number of hydrogen-bond donors (Lipinski definition) is 8. The van der Waals surface area contributed by atoms with E-state index in [1.165, 1.54) is 40.9 Å². The van der Waals surface area contributed by atoms with Crippen molar-refractivity contribution in [3.8, 4) is 11.1 Å². The summed E-state index contributed by atoms with van der Waals surface area (Å²) in [6.45, 7) is 4.83. The molecule has 0 radical (unpaired) electrons. The quantitative estimate of drug-likeness (QED) is 0.0108. The maximum absolute atomic E-state index is 14.7. The SMILES string of the molecule is CC(C)C(NC(=O)CCCCCN1C(=O)C=CC1=O)C(=O)N[C@@H](CCCNC(N)=O)C(=O)Nc1ccc(COC(=O)N2CCC[C@@H]2C[C@H](CSc2ccccc2)Nc2ccc(S(=O)(=O)NC(=O)c3ccc(N4CCC([C@@H](O)c5ccccc5-c5ccc(Cl)cc5)CC4)cc3)cc2S(=O)(=O)C(F)(F)F)cc1. The molecular formula is C74H84ClF3N10O14S3. The Labute approximate surface area is 616 Å². The first-order chi connectivity index (χ1) is 50.0. The van der Waals surface area contributed by atoms with Gasteiger partial charge in [-0.1, -0.05) is 98.6 Å². The predicted octanol–water partition coefficient (Wildman–Crippen LogP) is 10.6. The van der Waals surface area contributed by atoms with Crippen molar-refractivity contribution in [3.05, 3.63) is 179 Å². The first kappa shape index (κ1) is 79.6. The number of nitrogens with one attached hydrogen (secondary N) is 6. The minimum absolute atomic E-state index is 0.0469. The van der Waals surface area contributed by atoms with Crippen LogP contribution in [0.3, 0.4) is 0 Å². The van der Waals surface area contributed by atoms with Crippen molar-refractivity contribution in [2.24, 2.45) is 17.6 Å². The fourth-order valence-electron chi connectivity index (χ4n) is 12.7. The summed E-state index contributed by atoms with van der Waals surface area (Å²) in [5.74, 6) is -3.97. The molecule has 1 unspecified atom stereocenters. The summed E-state index contributed by atoms with van der Waals surface area (Å²) in [7, 11) is -11.3. The lowest BCUT2D eigenvalue weighted by molar-refractivity contribution is -0.137. The number of rotatable bonds is 33. The highest BCUT2D eigenvalue weighted by Crippen LogP contribution is 2.40. The minimum atomic E-state index is -6.29. The molecule has 6 aromatic rings. The molecule has 6 aromatic carbocycles. The van der Waals surface area contributed by atoms with Gasteiger partial charge in [-0.25, -0.2) is 31.1 Å². The predicted molar refractivity (Wildman–Crippen MR) is 392 cm³/mol. The van der Waals surface area contributed by atoms with Crippen molar-refractivity contribution in [2.45, 2.75) is 142 Å². The van der Waals surface area contributed by atoms with E-state index in [2.05, 4.69) is 31.5 Å². The van der Waals surface area contributed by atoms with Gasteiger partial charge in [-0.2, -0.15) is 13.2 Å². The van der Waals surface area contributed by atoms with Gasteiger partial charge in [-0.3, -0.25) is 33.7 Å². The lowest BCUT2D eigenvalue weighted by Crippen LogP contribution is -2.54. The van der Waals surface area contributed by atoms with E-state index in [4.69, 9.17) is 22.1 Å². The number of ether oxygens (including phenoxy) is 1. The van der Waals surface area contributed by atoms with Crippen LogP contribution >= 0.6 is 23.4 Å². The number of unbranched alkanes of at least 4 members (excludes halogenated alkanes) is 2. The second kappa shape index (κ2) is 36.5. The average Bonchev–Trinajstić information content (AvgIpc) is 1.07. The number of carbonyl (C=O) groups excluding carboxylic acids is 8. The summed E-state index contributed by atoms with van der Waals surface area (Å²) >= 11 is 7.43. The number of aliphatic hydroxyl groups excluding tert-OH is 1. The lowest BCUT2D eigenvalue weighted by Gasteiger charge is -2.36. The lowest BCUT2D eigenvalue weighted by atomic mass is 9.84. The highest BCUT2D eigenvalue weighted by atomic mass is 35.5. The Morgan fingerprint density at radius 3 is 2.10 bits per heavy atom. The number of sulfone groups is 1. The van der Waals surface area contributed by atoms with E-state index in [0.717, 1.165) is 38.6 Å². The third-order valence-electron chi connectivity index (χ3n) is 18.4. The third-order valence-corrected chi connectivity index (χ3v) is 22.6. The zero-order chi connectivity index (χ0) is 75.6. The van der Waals surface area contributed by atoms with Crippen molar-refractivity contribution in [1.82, 2.24) is 30.5 Å². The smallest absolute Gasteiger partial charge is 0.445 e. The molecule has 0 spiro atoms. The zero-order valence-corrected chi connectivity index (χ0v) is 60.9. The number of urea groups is 1. The Hall–Kier alpha value is -9.49. The molecular weight excluding hydrogens is 1440 g/mol. The Morgan fingerprint density at radius 1 is 0.762 bits per heavy atom. The van der Waals surface area contributed by atoms with Crippen LogP contribution in [0, 0.1) is 11.8 Å². The summed E-state index contributed by atoms with van der Waals surface area (Å²) in [6, 6.07) is 33.9. The number of nitrogens with two attached hydrogens (primary N) is 1. The van der Waals surface area contributed by atoms with Crippen LogP contribution in [-0.2, 0) is 55.2 Å². The van der Waals surface area contributed by atoms with Gasteiger partial charge in [-0.05, 0) is 171 Å². The topological polar surface area (TPSA) is 342 Å². The van der Waals surface area contributed by atoms with Crippen molar-refractivity contribution >= 4 is 108 Å². The second-order valence-electron chi connectivity index (χ2n) is 26.1. The maximum Gasteiger partial charge on any atom is 0.501 e. The number of sulfonamides is 1. The Kier molecular flexibility index (Phi) is 27.7. The first-order valence-electron chi connectivity index (χ1n) is 34.4. The largest absolute Gasteiger partial charge is 0.501 e. The van der Waals surface area contributed by atoms with Crippen molar-refractivity contribution < 1.29 is 78.2 Å². The summed E-state index contributed by atoms with van der Waals surface area (Å²) in [5.41, 5.74) is 2.73. The number of amides is 9. The summed E-state index contributed by atoms with van der Waals surface area (Å²) in [6.07, 6.45) is 4.89. The van der Waals surface area contributed by atoms with E-state index >= 15 is 0 Å². The summed E-state index contributed by atoms with van der Waals surface area (Å²) in [4.78, 5) is 106. The number of piperidine rings is 1. The zero-order valence-electron chi connectivity index (χ0n) is 57.7. The molecule has 560 valence electrons. The van der Waals surface area contributed by atoms with E-state index in [-0.39, 0.29) is 69.2 Å². The molecule has 3 aliphatic heterocycles. The van der Waals surface area contributed by atoms with Crippen LogP contribution in [0.1, 0.15) is 112 Å². The first-order valence-corrected chi connectivity index (χ1v) is 38.7. The molecule has 31 heteroatoms. The van der Waals surface area contributed by atoms with E-state index < -0.39 is 125 Å². The molecule has 0 bridgehead atoms. The molecule has 3 heterocycles. The molecule has 3 aliphatic rings. The fraction of sp³-hybridized carbons (Fsp3) is 0.378. The standard InChI is InChI=1S/C74H84ClF3N10O14S3/c1-47(2)67(84-64(89)19-7-4-10-39-88-65(90)34-35-66(88)91)71(95)83-62(18-11-38-80-72(79)96)70(94)82-53-28-20-48(21-29-53)45-102-73(97)87-40-12-13-56(87)43-54(46-103-57-14-5-3-6-15-57)81-61-33-32-58(44-63(61)104(98,99)74(76,77)78)105(100,101)85-69(93)51-24-30-55(31-25-51)86-41-36-50(37-42-86)68(92)60-17-9-8-16-59(60)49-22-26-52(75)27-23-49/h3,5-6,8-9,14-17,20-35,44,47,50,54,56,62,67-68,81,92H,4,7,10-13,18-19,36-43,45-46H2,1-2H3,(H,82,94)(H,83,95)(H,84,89)(H,85,93)(H3,79,80,96)/t54-,56-,62+,67?,68-/m1/s1. The van der Waals surface area contributed by atoms with E-state index in [0.29, 0.717) is 86.1 Å². The van der Waals surface area contributed by atoms with E-state index in [1.807, 2.05) is 41.1 Å².